The number of aryl methyl sites for hydroxylation is 1. The van der Waals surface area contributed by atoms with Gasteiger partial charge < -0.3 is 4.74 Å². The molecule has 0 N–H and O–H groups in total. The smallest absolute Gasteiger partial charge is 0.302 e. The monoisotopic (exact) mass is 227 g/mol. The van der Waals surface area contributed by atoms with Crippen molar-refractivity contribution in [2.45, 2.75) is 20.0 Å². The van der Waals surface area contributed by atoms with E-state index in [2.05, 4.69) is 0 Å². The summed E-state index contributed by atoms with van der Waals surface area (Å²) in [5.41, 5.74) is 3.17. The molecule has 2 nitrogen and oxygen atoms in total. The first-order chi connectivity index (χ1) is 8.18. The first-order valence-corrected chi connectivity index (χ1v) is 5.63. The average Bonchev–Trinajstić information content (AvgIpc) is 2.80. The highest BCUT2D eigenvalue weighted by Gasteiger charge is 2.13. The third-order valence-electron chi connectivity index (χ3n) is 2.75. The van der Waals surface area contributed by atoms with Crippen LogP contribution in [0.4, 0.5) is 0 Å². The fourth-order valence-electron chi connectivity index (χ4n) is 1.92. The molecule has 0 saturated carbocycles. The van der Waals surface area contributed by atoms with Crippen molar-refractivity contribution in [2.75, 3.05) is 0 Å². The first kappa shape index (κ1) is 11.5. The Labute approximate surface area is 101 Å². The normalized spacial score (nSPS) is 12.1. The Morgan fingerprint density at radius 1 is 1.29 bits per heavy atom. The highest BCUT2D eigenvalue weighted by atomic mass is 16.5. The molecule has 0 spiro atoms. The van der Waals surface area contributed by atoms with Crippen molar-refractivity contribution in [3.05, 3.63) is 65.2 Å². The Morgan fingerprint density at radius 3 is 2.65 bits per heavy atom. The molecule has 0 bridgehead atoms. The zero-order valence-corrected chi connectivity index (χ0v) is 10.0. The van der Waals surface area contributed by atoms with Crippen LogP contribution in [0.3, 0.4) is 0 Å². The lowest BCUT2D eigenvalue weighted by atomic mass is 9.99. The number of ether oxygens (including phenoxy) is 1. The number of carbonyl (C=O) groups is 1. The standard InChI is InChI=1S/C15H15O2/c1-11-7-3-6-10-14(11)15(17-12(2)16)13-8-4-5-9-13/h3-10,15H,1-2H3/q-1. The lowest BCUT2D eigenvalue weighted by Gasteiger charge is -2.23. The molecule has 2 heteroatoms. The summed E-state index contributed by atoms with van der Waals surface area (Å²) in [7, 11) is 0. The van der Waals surface area contributed by atoms with Crippen molar-refractivity contribution >= 4 is 5.97 Å². The van der Waals surface area contributed by atoms with Gasteiger partial charge in [0.25, 0.3) is 0 Å². The molecule has 2 aromatic rings. The van der Waals surface area contributed by atoms with Gasteiger partial charge in [-0.25, -0.2) is 6.07 Å². The van der Waals surface area contributed by atoms with Crippen molar-refractivity contribution in [2.24, 2.45) is 0 Å². The van der Waals surface area contributed by atoms with E-state index in [1.807, 2.05) is 55.5 Å². The van der Waals surface area contributed by atoms with Crippen LogP contribution in [-0.2, 0) is 9.53 Å². The molecule has 0 radical (unpaired) electrons. The van der Waals surface area contributed by atoms with Crippen LogP contribution < -0.4 is 0 Å². The third kappa shape index (κ3) is 2.59. The van der Waals surface area contributed by atoms with Gasteiger partial charge in [0.15, 0.2) is 0 Å². The van der Waals surface area contributed by atoms with E-state index in [0.717, 1.165) is 16.7 Å². The Kier molecular flexibility index (Phi) is 3.33. The summed E-state index contributed by atoms with van der Waals surface area (Å²) in [4.78, 5) is 11.2. The molecule has 0 aliphatic rings. The molecule has 0 amide bonds. The predicted octanol–water partition coefficient (Wildman–Crippen LogP) is 3.37. The Balaban J connectivity index is 2.41. The Hall–Kier alpha value is -1.96. The fourth-order valence-corrected chi connectivity index (χ4v) is 1.92. The maximum atomic E-state index is 11.2. The summed E-state index contributed by atoms with van der Waals surface area (Å²) in [6.45, 7) is 3.46. The van der Waals surface area contributed by atoms with E-state index in [9.17, 15) is 4.79 Å². The molecule has 0 aliphatic heterocycles. The van der Waals surface area contributed by atoms with Crippen LogP contribution in [0.25, 0.3) is 0 Å². The Morgan fingerprint density at radius 2 is 2.06 bits per heavy atom. The summed E-state index contributed by atoms with van der Waals surface area (Å²) < 4.78 is 5.42. The highest BCUT2D eigenvalue weighted by molar-refractivity contribution is 5.67. The van der Waals surface area contributed by atoms with Gasteiger partial charge in [-0.1, -0.05) is 24.3 Å². The van der Waals surface area contributed by atoms with Gasteiger partial charge >= 0.3 is 5.97 Å². The van der Waals surface area contributed by atoms with Gasteiger partial charge in [0.2, 0.25) is 0 Å². The largest absolute Gasteiger partial charge is 0.467 e. The van der Waals surface area contributed by atoms with Gasteiger partial charge in [-0.05, 0) is 18.1 Å². The minimum Gasteiger partial charge on any atom is -0.467 e. The van der Waals surface area contributed by atoms with Crippen LogP contribution >= 0.6 is 0 Å². The molecule has 0 fully saturated rings. The number of benzene rings is 1. The molecule has 1 atom stereocenters. The van der Waals surface area contributed by atoms with Crippen molar-refractivity contribution in [3.8, 4) is 0 Å². The topological polar surface area (TPSA) is 26.3 Å². The van der Waals surface area contributed by atoms with Gasteiger partial charge in [0.05, 0.1) is 6.10 Å². The lowest BCUT2D eigenvalue weighted by molar-refractivity contribution is -0.144. The van der Waals surface area contributed by atoms with Gasteiger partial charge in [-0.3, -0.25) is 4.79 Å². The SMILES string of the molecule is CC(=O)OC(c1cc[cH-]c1)c1ccccc1C. The molecule has 0 aliphatic carbocycles. The van der Waals surface area contributed by atoms with E-state index in [1.165, 1.54) is 6.92 Å². The molecule has 2 rings (SSSR count). The molecule has 88 valence electrons. The van der Waals surface area contributed by atoms with Crippen molar-refractivity contribution in [1.29, 1.82) is 0 Å². The van der Waals surface area contributed by atoms with E-state index < -0.39 is 0 Å². The molecular weight excluding hydrogens is 212 g/mol. The maximum Gasteiger partial charge on any atom is 0.302 e. The number of rotatable bonds is 3. The first-order valence-electron chi connectivity index (χ1n) is 5.63. The molecule has 0 heterocycles. The summed E-state index contributed by atoms with van der Waals surface area (Å²) in [6, 6.07) is 15.8. The molecule has 1 unspecified atom stereocenters. The van der Waals surface area contributed by atoms with E-state index >= 15 is 0 Å². The van der Waals surface area contributed by atoms with Gasteiger partial charge in [0.1, 0.15) is 0 Å². The quantitative estimate of drug-likeness (QED) is 0.593. The van der Waals surface area contributed by atoms with Crippen LogP contribution in [0, 0.1) is 6.92 Å². The third-order valence-corrected chi connectivity index (χ3v) is 2.75. The molecule has 2 aromatic carbocycles. The summed E-state index contributed by atoms with van der Waals surface area (Å²) in [5.74, 6) is -0.264. The van der Waals surface area contributed by atoms with E-state index in [-0.39, 0.29) is 12.1 Å². The van der Waals surface area contributed by atoms with Crippen LogP contribution in [0.15, 0.2) is 48.5 Å². The molecule has 0 saturated heterocycles. The minimum absolute atomic E-state index is 0.264. The van der Waals surface area contributed by atoms with Gasteiger partial charge in [0, 0.05) is 6.92 Å². The Bertz CT molecular complexity index is 497. The summed E-state index contributed by atoms with van der Waals surface area (Å²) in [6.07, 6.45) is -0.302. The molecule has 17 heavy (non-hydrogen) atoms. The van der Waals surface area contributed by atoms with Crippen molar-refractivity contribution in [1.82, 2.24) is 0 Å². The highest BCUT2D eigenvalue weighted by Crippen LogP contribution is 2.28. The zero-order valence-electron chi connectivity index (χ0n) is 10.0. The average molecular weight is 227 g/mol. The second-order valence-corrected chi connectivity index (χ2v) is 4.06. The lowest BCUT2D eigenvalue weighted by Crippen LogP contribution is -2.10. The molecule has 0 aromatic heterocycles. The van der Waals surface area contributed by atoms with Crippen LogP contribution in [0.2, 0.25) is 0 Å². The van der Waals surface area contributed by atoms with E-state index in [1.54, 1.807) is 0 Å². The summed E-state index contributed by atoms with van der Waals surface area (Å²) in [5, 5.41) is 0. The van der Waals surface area contributed by atoms with Gasteiger partial charge in [-0.15, -0.1) is 0 Å². The number of carbonyl (C=O) groups excluding carboxylic acids is 1. The predicted molar refractivity (Wildman–Crippen MR) is 66.8 cm³/mol. The zero-order chi connectivity index (χ0) is 12.3. The van der Waals surface area contributed by atoms with Crippen molar-refractivity contribution in [3.63, 3.8) is 0 Å². The van der Waals surface area contributed by atoms with E-state index in [4.69, 9.17) is 4.74 Å². The van der Waals surface area contributed by atoms with Crippen LogP contribution in [0.5, 0.6) is 0 Å². The number of hydrogen-bond donors (Lipinski definition) is 0. The van der Waals surface area contributed by atoms with Gasteiger partial charge in [-0.2, -0.15) is 23.8 Å². The van der Waals surface area contributed by atoms with Crippen LogP contribution in [0.1, 0.15) is 29.7 Å². The maximum absolute atomic E-state index is 11.2. The van der Waals surface area contributed by atoms with Crippen LogP contribution in [-0.4, -0.2) is 5.97 Å². The second-order valence-electron chi connectivity index (χ2n) is 4.06. The second kappa shape index (κ2) is 4.91. The van der Waals surface area contributed by atoms with Crippen molar-refractivity contribution < 1.29 is 9.53 Å². The summed E-state index contributed by atoms with van der Waals surface area (Å²) >= 11 is 0. The van der Waals surface area contributed by atoms with E-state index in [0.29, 0.717) is 0 Å². The number of esters is 1. The fraction of sp³-hybridized carbons (Fsp3) is 0.200. The minimum atomic E-state index is -0.302. The molecular formula is C15H15O2-. The number of hydrogen-bond acceptors (Lipinski definition) is 2.